The first-order chi connectivity index (χ1) is 17.0. The third kappa shape index (κ3) is 3.85. The Kier molecular flexibility index (Phi) is 5.82. The summed E-state index contributed by atoms with van der Waals surface area (Å²) in [5.41, 5.74) is 5.16. The molecule has 2 heterocycles. The monoisotopic (exact) mass is 467 g/mol. The van der Waals surface area contributed by atoms with Crippen molar-refractivity contribution in [1.29, 1.82) is 0 Å². The normalized spacial score (nSPS) is 15.7. The number of para-hydroxylation sites is 1. The molecule has 0 radical (unpaired) electrons. The Bertz CT molecular complexity index is 1430. The van der Waals surface area contributed by atoms with Crippen molar-refractivity contribution in [2.75, 3.05) is 13.7 Å². The van der Waals surface area contributed by atoms with Crippen LogP contribution in [-0.4, -0.2) is 47.4 Å². The highest BCUT2D eigenvalue weighted by molar-refractivity contribution is 6.04. The van der Waals surface area contributed by atoms with Crippen molar-refractivity contribution >= 4 is 28.7 Å². The minimum absolute atomic E-state index is 0.226. The van der Waals surface area contributed by atoms with Gasteiger partial charge in [-0.05, 0) is 30.2 Å². The van der Waals surface area contributed by atoms with E-state index in [2.05, 4.69) is 15.0 Å². The van der Waals surface area contributed by atoms with Crippen molar-refractivity contribution < 1.29 is 19.1 Å². The van der Waals surface area contributed by atoms with Gasteiger partial charge in [0, 0.05) is 22.0 Å². The van der Waals surface area contributed by atoms with Crippen molar-refractivity contribution in [1.82, 2.24) is 15.2 Å². The Morgan fingerprint density at radius 2 is 1.69 bits per heavy atom. The van der Waals surface area contributed by atoms with Gasteiger partial charge in [-0.2, -0.15) is 0 Å². The minimum atomic E-state index is -0.832. The molecule has 1 aromatic heterocycles. The third-order valence-electron chi connectivity index (χ3n) is 6.51. The number of carbonyl (C=O) groups is 3. The number of nitrogens with zero attached hydrogens (tertiary/aromatic N) is 1. The number of aromatic nitrogens is 1. The molecule has 0 saturated heterocycles. The van der Waals surface area contributed by atoms with E-state index in [1.54, 1.807) is 17.9 Å². The molecule has 176 valence electrons. The number of ether oxygens (including phenoxy) is 1. The molecule has 1 aliphatic rings. The first-order valence-corrected chi connectivity index (χ1v) is 11.4. The predicted octanol–water partition coefficient (Wildman–Crippen LogP) is 4.06. The van der Waals surface area contributed by atoms with Gasteiger partial charge in [0.25, 0.3) is 5.91 Å². The SMILES string of the molecule is COC(=O)CNC(=O)[C@@H](C)N1C(=O)c2ccccc2[C@@H]1c1c(-c2ccccc2)[nH]c2ccccc12. The average Bonchev–Trinajstić information content (AvgIpc) is 3.42. The molecule has 3 aromatic carbocycles. The summed E-state index contributed by atoms with van der Waals surface area (Å²) in [4.78, 5) is 43.5. The number of hydrogen-bond donors (Lipinski definition) is 2. The lowest BCUT2D eigenvalue weighted by Gasteiger charge is -2.31. The Balaban J connectivity index is 1.68. The molecule has 7 nitrogen and oxygen atoms in total. The van der Waals surface area contributed by atoms with Gasteiger partial charge in [0.15, 0.2) is 0 Å². The van der Waals surface area contributed by atoms with E-state index < -0.39 is 24.0 Å². The minimum Gasteiger partial charge on any atom is -0.468 e. The van der Waals surface area contributed by atoms with Gasteiger partial charge in [-0.1, -0.05) is 66.7 Å². The second-order valence-electron chi connectivity index (χ2n) is 8.50. The summed E-state index contributed by atoms with van der Waals surface area (Å²) in [6.45, 7) is 1.42. The van der Waals surface area contributed by atoms with Gasteiger partial charge in [0.1, 0.15) is 12.6 Å². The summed E-state index contributed by atoms with van der Waals surface area (Å²) in [5, 5.41) is 3.57. The summed E-state index contributed by atoms with van der Waals surface area (Å²) in [6, 6.07) is 24.0. The van der Waals surface area contributed by atoms with Crippen LogP contribution in [0.3, 0.4) is 0 Å². The topological polar surface area (TPSA) is 91.5 Å². The lowest BCUT2D eigenvalue weighted by atomic mass is 9.92. The van der Waals surface area contributed by atoms with E-state index in [4.69, 9.17) is 0 Å². The molecule has 0 aliphatic carbocycles. The number of methoxy groups -OCH3 is 1. The number of nitrogens with one attached hydrogen (secondary N) is 2. The number of fused-ring (bicyclic) bond motifs is 2. The van der Waals surface area contributed by atoms with Crippen LogP contribution in [-0.2, 0) is 14.3 Å². The van der Waals surface area contributed by atoms with Gasteiger partial charge in [-0.3, -0.25) is 14.4 Å². The molecule has 5 rings (SSSR count). The third-order valence-corrected chi connectivity index (χ3v) is 6.51. The van der Waals surface area contributed by atoms with Gasteiger partial charge in [-0.25, -0.2) is 0 Å². The van der Waals surface area contributed by atoms with Gasteiger partial charge in [0.2, 0.25) is 5.91 Å². The zero-order chi connectivity index (χ0) is 24.5. The molecule has 0 unspecified atom stereocenters. The van der Waals surface area contributed by atoms with E-state index in [9.17, 15) is 14.4 Å². The van der Waals surface area contributed by atoms with Crippen LogP contribution in [0.15, 0.2) is 78.9 Å². The summed E-state index contributed by atoms with van der Waals surface area (Å²) in [6.07, 6.45) is 0. The maximum atomic E-state index is 13.7. The van der Waals surface area contributed by atoms with E-state index in [0.29, 0.717) is 5.56 Å². The van der Waals surface area contributed by atoms with Crippen molar-refractivity contribution in [3.63, 3.8) is 0 Å². The maximum Gasteiger partial charge on any atom is 0.325 e. The molecule has 0 bridgehead atoms. The smallest absolute Gasteiger partial charge is 0.325 e. The zero-order valence-electron chi connectivity index (χ0n) is 19.4. The van der Waals surface area contributed by atoms with E-state index in [1.165, 1.54) is 7.11 Å². The number of H-pyrrole nitrogens is 1. The van der Waals surface area contributed by atoms with Gasteiger partial charge >= 0.3 is 5.97 Å². The van der Waals surface area contributed by atoms with Crippen molar-refractivity contribution in [3.8, 4) is 11.3 Å². The van der Waals surface area contributed by atoms with Crippen LogP contribution in [0.25, 0.3) is 22.2 Å². The molecule has 35 heavy (non-hydrogen) atoms. The molecule has 0 saturated carbocycles. The Hall–Kier alpha value is -4.39. The number of amides is 2. The van der Waals surface area contributed by atoms with E-state index >= 15 is 0 Å². The number of esters is 1. The highest BCUT2D eigenvalue weighted by atomic mass is 16.5. The van der Waals surface area contributed by atoms with Gasteiger partial charge in [-0.15, -0.1) is 0 Å². The number of rotatable bonds is 6. The van der Waals surface area contributed by atoms with Crippen LogP contribution >= 0.6 is 0 Å². The van der Waals surface area contributed by atoms with Crippen LogP contribution < -0.4 is 5.32 Å². The molecule has 2 amide bonds. The van der Waals surface area contributed by atoms with Crippen LogP contribution in [0, 0.1) is 0 Å². The summed E-state index contributed by atoms with van der Waals surface area (Å²) in [7, 11) is 1.26. The first kappa shape index (κ1) is 22.4. The molecule has 0 fully saturated rings. The Morgan fingerprint density at radius 3 is 2.46 bits per heavy atom. The van der Waals surface area contributed by atoms with Crippen LogP contribution in [0.1, 0.15) is 34.5 Å². The van der Waals surface area contributed by atoms with Crippen LogP contribution in [0.5, 0.6) is 0 Å². The Morgan fingerprint density at radius 1 is 1.00 bits per heavy atom. The number of carbonyl (C=O) groups excluding carboxylic acids is 3. The van der Waals surface area contributed by atoms with Gasteiger partial charge < -0.3 is 19.9 Å². The van der Waals surface area contributed by atoms with Crippen LogP contribution in [0.4, 0.5) is 0 Å². The second-order valence-corrected chi connectivity index (χ2v) is 8.50. The first-order valence-electron chi connectivity index (χ1n) is 11.4. The van der Waals surface area contributed by atoms with Crippen LogP contribution in [0.2, 0.25) is 0 Å². The lowest BCUT2D eigenvalue weighted by molar-refractivity contribution is -0.141. The lowest BCUT2D eigenvalue weighted by Crippen LogP contribution is -2.48. The quantitative estimate of drug-likeness (QED) is 0.419. The van der Waals surface area contributed by atoms with E-state index in [1.807, 2.05) is 72.8 Å². The Labute approximate surface area is 202 Å². The predicted molar refractivity (Wildman–Crippen MR) is 133 cm³/mol. The number of aromatic amines is 1. The number of benzene rings is 3. The maximum absolute atomic E-state index is 13.7. The van der Waals surface area contributed by atoms with Crippen molar-refractivity contribution in [2.45, 2.75) is 19.0 Å². The molecule has 0 spiro atoms. The van der Waals surface area contributed by atoms with Crippen molar-refractivity contribution in [2.24, 2.45) is 0 Å². The summed E-state index contributed by atoms with van der Waals surface area (Å²) in [5.74, 6) is -1.21. The molecule has 2 N–H and O–H groups in total. The van der Waals surface area contributed by atoms with Crippen molar-refractivity contribution in [3.05, 3.63) is 95.6 Å². The highest BCUT2D eigenvalue weighted by Crippen LogP contribution is 2.46. The molecule has 1 aliphatic heterocycles. The van der Waals surface area contributed by atoms with Gasteiger partial charge in [0.05, 0.1) is 18.8 Å². The van der Waals surface area contributed by atoms with E-state index in [0.717, 1.165) is 33.3 Å². The fourth-order valence-electron chi connectivity index (χ4n) is 4.82. The van der Waals surface area contributed by atoms with E-state index in [-0.39, 0.29) is 12.5 Å². The zero-order valence-corrected chi connectivity index (χ0v) is 19.4. The summed E-state index contributed by atoms with van der Waals surface area (Å²) < 4.78 is 4.63. The fourth-order valence-corrected chi connectivity index (χ4v) is 4.82. The fraction of sp³-hybridized carbons (Fsp3) is 0.179. The summed E-state index contributed by atoms with van der Waals surface area (Å²) >= 11 is 0. The number of hydrogen-bond acceptors (Lipinski definition) is 4. The molecular weight excluding hydrogens is 442 g/mol. The average molecular weight is 468 g/mol. The highest BCUT2D eigenvalue weighted by Gasteiger charge is 2.44. The molecule has 4 aromatic rings. The second kappa shape index (κ2) is 9.10. The molecular formula is C28H25N3O4. The largest absolute Gasteiger partial charge is 0.468 e. The molecule has 7 heteroatoms. The standard InChI is InChI=1S/C28H25N3O4/c1-17(27(33)29-16-23(32)35-2)31-26(19-12-6-7-13-20(19)28(31)34)24-21-14-8-9-15-22(21)30-25(24)18-10-4-3-5-11-18/h3-15,17,26,30H,16H2,1-2H3,(H,29,33)/t17-,26-/m1/s1. The molecule has 2 atom stereocenters.